The summed E-state index contributed by atoms with van der Waals surface area (Å²) >= 11 is 3.40. The lowest BCUT2D eigenvalue weighted by molar-refractivity contribution is -0.122. The van der Waals surface area contributed by atoms with E-state index in [0.29, 0.717) is 13.2 Å². The number of hydrogen-bond donors (Lipinski definition) is 0. The van der Waals surface area contributed by atoms with Gasteiger partial charge in [-0.3, -0.25) is 4.79 Å². The van der Waals surface area contributed by atoms with E-state index in [1.807, 2.05) is 24.3 Å². The number of epoxide rings is 1. The molecule has 1 fully saturated rings. The Balaban J connectivity index is 1.67. The van der Waals surface area contributed by atoms with Gasteiger partial charge in [-0.25, -0.2) is 0 Å². The van der Waals surface area contributed by atoms with Crippen LogP contribution in [0.5, 0.6) is 0 Å². The third kappa shape index (κ3) is 5.49. The van der Waals surface area contributed by atoms with Crippen molar-refractivity contribution >= 4 is 30.0 Å². The predicted octanol–water partition coefficient (Wildman–Crippen LogP) is 4.32. The Morgan fingerprint density at radius 2 is 1.88 bits per heavy atom. The van der Waals surface area contributed by atoms with Crippen LogP contribution in [0.1, 0.15) is 26.3 Å². The third-order valence-electron chi connectivity index (χ3n) is 4.75. The molecule has 0 unspecified atom stereocenters. The van der Waals surface area contributed by atoms with Gasteiger partial charge in [-0.1, -0.05) is 48.8 Å². The standard InChI is InChI=1S/C18H27BrO4Si/c1-18(2,3)24(4,5)22-11-15(20)17-16(23-17)12-21-10-13-6-8-14(19)9-7-13/h6-9,16-17H,10-12H2,1-5H3/t16-,17+/m1/s1. The lowest BCUT2D eigenvalue weighted by atomic mass is 10.2. The van der Waals surface area contributed by atoms with Crippen LogP contribution in [0.3, 0.4) is 0 Å². The van der Waals surface area contributed by atoms with Crippen molar-refractivity contribution in [2.45, 2.75) is 57.7 Å². The fourth-order valence-corrected chi connectivity index (χ4v) is 3.18. The number of halogens is 1. The summed E-state index contributed by atoms with van der Waals surface area (Å²) in [4.78, 5) is 12.2. The molecule has 6 heteroatoms. The van der Waals surface area contributed by atoms with Crippen LogP contribution in [0, 0.1) is 0 Å². The zero-order valence-corrected chi connectivity index (χ0v) is 17.7. The molecule has 2 atom stereocenters. The molecule has 24 heavy (non-hydrogen) atoms. The van der Waals surface area contributed by atoms with E-state index in [1.54, 1.807) is 0 Å². The van der Waals surface area contributed by atoms with E-state index < -0.39 is 8.32 Å². The van der Waals surface area contributed by atoms with E-state index in [-0.39, 0.29) is 29.6 Å². The number of Topliss-reactive ketones (excluding diaryl/α,β-unsaturated/α-hetero) is 1. The number of benzene rings is 1. The van der Waals surface area contributed by atoms with Crippen molar-refractivity contribution in [1.82, 2.24) is 0 Å². The SMILES string of the molecule is CC(C)(C)[Si](C)(C)OCC(=O)[C@@H]1O[C@@H]1COCc1ccc(Br)cc1. The van der Waals surface area contributed by atoms with Crippen molar-refractivity contribution in [3.8, 4) is 0 Å². The lowest BCUT2D eigenvalue weighted by Gasteiger charge is -2.35. The van der Waals surface area contributed by atoms with Gasteiger partial charge in [0, 0.05) is 4.47 Å². The predicted molar refractivity (Wildman–Crippen MR) is 101 cm³/mol. The van der Waals surface area contributed by atoms with E-state index in [0.717, 1.165) is 10.0 Å². The first-order chi connectivity index (χ1) is 11.1. The van der Waals surface area contributed by atoms with Crippen molar-refractivity contribution in [1.29, 1.82) is 0 Å². The summed E-state index contributed by atoms with van der Waals surface area (Å²) in [6, 6.07) is 7.98. The van der Waals surface area contributed by atoms with Crippen molar-refractivity contribution < 1.29 is 18.7 Å². The molecule has 0 bridgehead atoms. The molecule has 0 saturated carbocycles. The summed E-state index contributed by atoms with van der Waals surface area (Å²) in [5, 5.41) is 0.102. The quantitative estimate of drug-likeness (QED) is 0.469. The van der Waals surface area contributed by atoms with Crippen molar-refractivity contribution in [2.24, 2.45) is 0 Å². The smallest absolute Gasteiger partial charge is 0.192 e. The largest absolute Gasteiger partial charge is 0.409 e. The maximum Gasteiger partial charge on any atom is 0.192 e. The van der Waals surface area contributed by atoms with E-state index in [4.69, 9.17) is 13.9 Å². The second kappa shape index (κ2) is 7.79. The molecule has 2 rings (SSSR count). The molecule has 0 aliphatic carbocycles. The van der Waals surface area contributed by atoms with E-state index in [2.05, 4.69) is 49.8 Å². The Labute approximate surface area is 154 Å². The Morgan fingerprint density at radius 3 is 2.46 bits per heavy atom. The van der Waals surface area contributed by atoms with E-state index >= 15 is 0 Å². The molecule has 134 valence electrons. The molecule has 0 N–H and O–H groups in total. The van der Waals surface area contributed by atoms with Crippen LogP contribution in [-0.2, 0) is 25.3 Å². The average molecular weight is 415 g/mol. The highest BCUT2D eigenvalue weighted by Crippen LogP contribution is 2.36. The summed E-state index contributed by atoms with van der Waals surface area (Å²) in [5.41, 5.74) is 1.10. The average Bonchev–Trinajstić information content (AvgIpc) is 3.25. The first kappa shape index (κ1) is 19.8. The maximum atomic E-state index is 12.2. The molecule has 1 aliphatic rings. The molecule has 1 aromatic rings. The zero-order chi connectivity index (χ0) is 18.0. The summed E-state index contributed by atoms with van der Waals surface area (Å²) in [7, 11) is -1.89. The number of rotatable bonds is 8. The third-order valence-corrected chi connectivity index (χ3v) is 9.75. The van der Waals surface area contributed by atoms with Crippen LogP contribution in [0.15, 0.2) is 28.7 Å². The van der Waals surface area contributed by atoms with Crippen LogP contribution in [-0.4, -0.2) is 39.5 Å². The van der Waals surface area contributed by atoms with Crippen LogP contribution in [0.2, 0.25) is 18.1 Å². The summed E-state index contributed by atoms with van der Waals surface area (Å²) < 4.78 is 18.1. The molecule has 1 heterocycles. The maximum absolute atomic E-state index is 12.2. The zero-order valence-electron chi connectivity index (χ0n) is 15.1. The molecule has 1 saturated heterocycles. The summed E-state index contributed by atoms with van der Waals surface area (Å²) in [6.45, 7) is 11.9. The first-order valence-corrected chi connectivity index (χ1v) is 11.9. The molecule has 0 radical (unpaired) electrons. The highest BCUT2D eigenvalue weighted by molar-refractivity contribution is 9.10. The number of ketones is 1. The minimum atomic E-state index is -1.89. The monoisotopic (exact) mass is 414 g/mol. The Hall–Kier alpha value is -0.533. The van der Waals surface area contributed by atoms with Crippen molar-refractivity contribution in [2.75, 3.05) is 13.2 Å². The fraction of sp³-hybridized carbons (Fsp3) is 0.611. The Kier molecular flexibility index (Phi) is 6.42. The molecule has 0 amide bonds. The van der Waals surface area contributed by atoms with Crippen LogP contribution >= 0.6 is 15.9 Å². The molecule has 0 aromatic heterocycles. The lowest BCUT2D eigenvalue weighted by Crippen LogP contribution is -2.42. The molecule has 4 nitrogen and oxygen atoms in total. The second-order valence-corrected chi connectivity index (χ2v) is 13.5. The van der Waals surface area contributed by atoms with Gasteiger partial charge in [-0.05, 0) is 35.8 Å². The molecule has 1 aliphatic heterocycles. The highest BCUT2D eigenvalue weighted by atomic mass is 79.9. The fourth-order valence-electron chi connectivity index (χ4n) is 1.98. The van der Waals surface area contributed by atoms with Gasteiger partial charge < -0.3 is 13.9 Å². The van der Waals surface area contributed by atoms with E-state index in [9.17, 15) is 4.79 Å². The molecule has 1 aromatic carbocycles. The van der Waals surface area contributed by atoms with Crippen LogP contribution in [0.4, 0.5) is 0 Å². The number of ether oxygens (including phenoxy) is 2. The summed E-state index contributed by atoms with van der Waals surface area (Å²) in [6.07, 6.45) is -0.490. The Morgan fingerprint density at radius 1 is 1.25 bits per heavy atom. The topological polar surface area (TPSA) is 48.1 Å². The minimum Gasteiger partial charge on any atom is -0.409 e. The van der Waals surface area contributed by atoms with Gasteiger partial charge in [0.15, 0.2) is 14.1 Å². The van der Waals surface area contributed by atoms with Gasteiger partial charge in [0.05, 0.1) is 19.8 Å². The molecular formula is C18H27BrO4Si. The number of carbonyl (C=O) groups excluding carboxylic acids is 1. The molecule has 0 spiro atoms. The van der Waals surface area contributed by atoms with Crippen LogP contribution in [0.25, 0.3) is 0 Å². The first-order valence-electron chi connectivity index (χ1n) is 8.24. The second-order valence-electron chi connectivity index (χ2n) is 7.75. The molecular weight excluding hydrogens is 388 g/mol. The van der Waals surface area contributed by atoms with Crippen molar-refractivity contribution in [3.63, 3.8) is 0 Å². The normalized spacial score (nSPS) is 20.9. The van der Waals surface area contributed by atoms with Gasteiger partial charge in [0.1, 0.15) is 12.2 Å². The van der Waals surface area contributed by atoms with Gasteiger partial charge >= 0.3 is 0 Å². The highest BCUT2D eigenvalue weighted by Gasteiger charge is 2.46. The van der Waals surface area contributed by atoms with Crippen molar-refractivity contribution in [3.05, 3.63) is 34.3 Å². The minimum absolute atomic E-state index is 0.0251. The van der Waals surface area contributed by atoms with Gasteiger partial charge in [0.2, 0.25) is 0 Å². The van der Waals surface area contributed by atoms with Crippen LogP contribution < -0.4 is 0 Å². The van der Waals surface area contributed by atoms with Gasteiger partial charge in [-0.15, -0.1) is 0 Å². The number of hydrogen-bond acceptors (Lipinski definition) is 4. The summed E-state index contributed by atoms with van der Waals surface area (Å²) in [5.74, 6) is 0.0251. The van der Waals surface area contributed by atoms with Gasteiger partial charge in [0.25, 0.3) is 0 Å². The number of carbonyl (C=O) groups is 1. The Bertz CT molecular complexity index is 565. The van der Waals surface area contributed by atoms with Gasteiger partial charge in [-0.2, -0.15) is 0 Å². The van der Waals surface area contributed by atoms with E-state index in [1.165, 1.54) is 0 Å².